The molecular formula is C20H21N2O7+. The van der Waals surface area contributed by atoms with Crippen LogP contribution in [-0.4, -0.2) is 58.4 Å². The number of methoxy groups -OCH3 is 2. The van der Waals surface area contributed by atoms with Crippen molar-refractivity contribution in [3.05, 3.63) is 53.3 Å². The molecule has 152 valence electrons. The molecule has 9 nitrogen and oxygen atoms in total. The Morgan fingerprint density at radius 1 is 0.931 bits per heavy atom. The van der Waals surface area contributed by atoms with Gasteiger partial charge in [0.1, 0.15) is 5.75 Å². The van der Waals surface area contributed by atoms with Crippen LogP contribution in [0.3, 0.4) is 0 Å². The summed E-state index contributed by atoms with van der Waals surface area (Å²) < 4.78 is 20.1. The monoisotopic (exact) mass is 401 g/mol. The van der Waals surface area contributed by atoms with Gasteiger partial charge in [-0.2, -0.15) is 0 Å². The Morgan fingerprint density at radius 3 is 2.14 bits per heavy atom. The van der Waals surface area contributed by atoms with Crippen LogP contribution in [0.25, 0.3) is 0 Å². The van der Waals surface area contributed by atoms with Crippen molar-refractivity contribution in [1.29, 1.82) is 0 Å². The maximum atomic E-state index is 12.6. The van der Waals surface area contributed by atoms with Crippen LogP contribution in [-0.2, 0) is 14.2 Å². The summed E-state index contributed by atoms with van der Waals surface area (Å²) in [6.45, 7) is 2.69. The Labute approximate surface area is 167 Å². The second-order valence-corrected chi connectivity index (χ2v) is 6.18. The van der Waals surface area contributed by atoms with Crippen molar-refractivity contribution in [1.82, 2.24) is 0 Å². The maximum absolute atomic E-state index is 12.6. The lowest BCUT2D eigenvalue weighted by molar-refractivity contribution is -0.383. The first-order valence-corrected chi connectivity index (χ1v) is 8.90. The molecule has 29 heavy (non-hydrogen) atoms. The third kappa shape index (κ3) is 4.88. The fourth-order valence-electron chi connectivity index (χ4n) is 2.88. The van der Waals surface area contributed by atoms with E-state index in [9.17, 15) is 14.4 Å². The molecule has 3 rings (SSSR count). The number of esters is 3. The smallest absolute Gasteiger partial charge is 0.409 e. The number of ether oxygens (including phenoxy) is 4. The van der Waals surface area contributed by atoms with E-state index in [0.717, 1.165) is 18.8 Å². The van der Waals surface area contributed by atoms with E-state index >= 15 is 0 Å². The second-order valence-electron chi connectivity index (χ2n) is 6.18. The van der Waals surface area contributed by atoms with Crippen LogP contribution in [0.15, 0.2) is 36.5 Å². The standard InChI is InChI=1S/C20H20N2O7/c1-26-18(23)13-9-14(19(24)27-2)11-16(10-13)29-20(25)17-12-15(3-4-21-17)22-5-7-28-8-6-22/h3-4,9-12H,5-8H2,1-2H3/p+1. The van der Waals surface area contributed by atoms with E-state index in [1.54, 1.807) is 12.3 Å². The molecule has 0 spiro atoms. The van der Waals surface area contributed by atoms with Gasteiger partial charge in [-0.25, -0.2) is 19.4 Å². The van der Waals surface area contributed by atoms with E-state index in [1.165, 1.54) is 32.4 Å². The van der Waals surface area contributed by atoms with Gasteiger partial charge in [0.15, 0.2) is 6.20 Å². The number of H-pyrrole nitrogens is 1. The van der Waals surface area contributed by atoms with Crippen molar-refractivity contribution in [2.75, 3.05) is 45.4 Å². The number of rotatable bonds is 5. The van der Waals surface area contributed by atoms with E-state index < -0.39 is 17.9 Å². The van der Waals surface area contributed by atoms with Crippen LogP contribution in [0.4, 0.5) is 5.69 Å². The minimum atomic E-state index is -0.672. The van der Waals surface area contributed by atoms with Gasteiger partial charge in [-0.1, -0.05) is 0 Å². The number of benzene rings is 1. The second kappa shape index (κ2) is 9.16. The van der Waals surface area contributed by atoms with Crippen molar-refractivity contribution >= 4 is 23.6 Å². The molecule has 9 heteroatoms. The molecule has 1 aliphatic heterocycles. The maximum Gasteiger partial charge on any atom is 0.409 e. The van der Waals surface area contributed by atoms with Crippen LogP contribution >= 0.6 is 0 Å². The van der Waals surface area contributed by atoms with Crippen molar-refractivity contribution < 1.29 is 38.3 Å². The topological polar surface area (TPSA) is 106 Å². The van der Waals surface area contributed by atoms with Gasteiger partial charge in [0, 0.05) is 30.9 Å². The zero-order chi connectivity index (χ0) is 20.8. The molecule has 2 heterocycles. The predicted molar refractivity (Wildman–Crippen MR) is 100 cm³/mol. The molecule has 0 unspecified atom stereocenters. The fraction of sp³-hybridized carbons (Fsp3) is 0.300. The molecule has 0 radical (unpaired) electrons. The van der Waals surface area contributed by atoms with E-state index in [0.29, 0.717) is 13.2 Å². The number of aromatic amines is 1. The summed E-state index contributed by atoms with van der Waals surface area (Å²) in [4.78, 5) is 41.3. The number of hydrogen-bond donors (Lipinski definition) is 0. The van der Waals surface area contributed by atoms with E-state index in [1.807, 2.05) is 6.07 Å². The van der Waals surface area contributed by atoms with Crippen LogP contribution in [0.5, 0.6) is 5.75 Å². The van der Waals surface area contributed by atoms with Crippen molar-refractivity contribution in [2.45, 2.75) is 0 Å². The average Bonchev–Trinajstić information content (AvgIpc) is 2.78. The van der Waals surface area contributed by atoms with Crippen LogP contribution in [0, 0.1) is 0 Å². The highest BCUT2D eigenvalue weighted by atomic mass is 16.5. The molecule has 1 aromatic heterocycles. The van der Waals surface area contributed by atoms with Crippen LogP contribution in [0.1, 0.15) is 31.2 Å². The van der Waals surface area contributed by atoms with Gasteiger partial charge < -0.3 is 23.8 Å². The SMILES string of the molecule is COC(=O)c1cc(OC(=O)c2cc(N3CCOCC3)cc[nH+]2)cc(C(=O)OC)c1. The van der Waals surface area contributed by atoms with E-state index in [2.05, 4.69) is 19.4 Å². The highest BCUT2D eigenvalue weighted by Gasteiger charge is 2.22. The summed E-state index contributed by atoms with van der Waals surface area (Å²) in [5.41, 5.74) is 1.20. The highest BCUT2D eigenvalue weighted by Crippen LogP contribution is 2.21. The van der Waals surface area contributed by atoms with Crippen molar-refractivity contribution in [3.63, 3.8) is 0 Å². The van der Waals surface area contributed by atoms with Crippen LogP contribution < -0.4 is 14.6 Å². The number of anilines is 1. The lowest BCUT2D eigenvalue weighted by atomic mass is 10.1. The molecule has 1 aromatic carbocycles. The molecule has 1 saturated heterocycles. The summed E-state index contributed by atoms with van der Waals surface area (Å²) in [5, 5.41) is 0. The Bertz CT molecular complexity index is 889. The van der Waals surface area contributed by atoms with Gasteiger partial charge in [0.2, 0.25) is 0 Å². The predicted octanol–water partition coefficient (Wildman–Crippen LogP) is 1.13. The summed E-state index contributed by atoms with van der Waals surface area (Å²) in [6.07, 6.45) is 1.64. The number of nitrogens with one attached hydrogen (secondary N) is 1. The normalized spacial score (nSPS) is 13.5. The van der Waals surface area contributed by atoms with Crippen LogP contribution in [0.2, 0.25) is 0 Å². The number of aromatic nitrogens is 1. The number of morpholine rings is 1. The van der Waals surface area contributed by atoms with Gasteiger partial charge in [-0.15, -0.1) is 0 Å². The molecular weight excluding hydrogens is 380 g/mol. The first-order chi connectivity index (χ1) is 14.0. The molecule has 1 aliphatic rings. The highest BCUT2D eigenvalue weighted by molar-refractivity contribution is 5.96. The number of hydrogen-bond acceptors (Lipinski definition) is 8. The van der Waals surface area contributed by atoms with Crippen molar-refractivity contribution in [3.8, 4) is 5.75 Å². The zero-order valence-electron chi connectivity index (χ0n) is 16.1. The number of pyridine rings is 1. The lowest BCUT2D eigenvalue weighted by Gasteiger charge is -2.28. The zero-order valence-corrected chi connectivity index (χ0v) is 16.1. The quantitative estimate of drug-likeness (QED) is 0.542. The Balaban J connectivity index is 1.84. The van der Waals surface area contributed by atoms with Gasteiger partial charge in [0.05, 0.1) is 38.6 Å². The third-order valence-corrected chi connectivity index (χ3v) is 4.34. The van der Waals surface area contributed by atoms with Crippen molar-refractivity contribution in [2.24, 2.45) is 0 Å². The summed E-state index contributed by atoms with van der Waals surface area (Å²) >= 11 is 0. The summed E-state index contributed by atoms with van der Waals surface area (Å²) in [6, 6.07) is 7.48. The third-order valence-electron chi connectivity index (χ3n) is 4.34. The van der Waals surface area contributed by atoms with Gasteiger partial charge in [-0.3, -0.25) is 0 Å². The molecule has 0 aliphatic carbocycles. The molecule has 0 amide bonds. The molecule has 1 N–H and O–H groups in total. The molecule has 1 fully saturated rings. The Morgan fingerprint density at radius 2 is 1.55 bits per heavy atom. The Hall–Kier alpha value is -3.46. The Kier molecular flexibility index (Phi) is 6.40. The number of carbonyl (C=O) groups is 3. The summed E-state index contributed by atoms with van der Waals surface area (Å²) in [5.74, 6) is -2.00. The first kappa shape index (κ1) is 20.3. The van der Waals surface area contributed by atoms with E-state index in [4.69, 9.17) is 9.47 Å². The van der Waals surface area contributed by atoms with E-state index in [-0.39, 0.29) is 22.6 Å². The number of carbonyl (C=O) groups excluding carboxylic acids is 3. The molecule has 0 atom stereocenters. The minimum absolute atomic E-state index is 0.0171. The minimum Gasteiger partial charge on any atom is -0.465 e. The first-order valence-electron chi connectivity index (χ1n) is 8.90. The van der Waals surface area contributed by atoms with Gasteiger partial charge in [-0.05, 0) is 18.2 Å². The van der Waals surface area contributed by atoms with Gasteiger partial charge >= 0.3 is 17.9 Å². The molecule has 0 bridgehead atoms. The summed E-state index contributed by atoms with van der Waals surface area (Å²) in [7, 11) is 2.43. The molecule has 2 aromatic rings. The van der Waals surface area contributed by atoms with Gasteiger partial charge in [0.25, 0.3) is 5.69 Å². The fourth-order valence-corrected chi connectivity index (χ4v) is 2.88. The number of nitrogens with zero attached hydrogens (tertiary/aromatic N) is 1. The molecule has 0 saturated carbocycles. The lowest BCUT2D eigenvalue weighted by Crippen LogP contribution is -2.36. The largest absolute Gasteiger partial charge is 0.465 e. The average molecular weight is 401 g/mol.